The molecular formula is C12H26N2O2. The second-order valence-electron chi connectivity index (χ2n) is 4.47. The third-order valence-electron chi connectivity index (χ3n) is 3.32. The molecule has 3 atom stereocenters. The molecule has 96 valence electrons. The first-order chi connectivity index (χ1) is 7.56. The molecule has 4 nitrogen and oxygen atoms in total. The van der Waals surface area contributed by atoms with Crippen LogP contribution in [0.1, 0.15) is 46.0 Å². The SMILES string of the molecule is CCCC(CC)C(CN)CC[C@H](N)C(=O)O. The summed E-state index contributed by atoms with van der Waals surface area (Å²) in [6.45, 7) is 4.96. The van der Waals surface area contributed by atoms with Crippen molar-refractivity contribution in [2.75, 3.05) is 6.54 Å². The first-order valence-electron chi connectivity index (χ1n) is 6.25. The van der Waals surface area contributed by atoms with Gasteiger partial charge >= 0.3 is 5.97 Å². The topological polar surface area (TPSA) is 89.3 Å². The van der Waals surface area contributed by atoms with Crippen LogP contribution in [0.2, 0.25) is 0 Å². The highest BCUT2D eigenvalue weighted by atomic mass is 16.4. The summed E-state index contributed by atoms with van der Waals surface area (Å²) in [6.07, 6.45) is 4.78. The lowest BCUT2D eigenvalue weighted by atomic mass is 9.83. The molecule has 0 saturated heterocycles. The van der Waals surface area contributed by atoms with Gasteiger partial charge in [-0.2, -0.15) is 0 Å². The largest absolute Gasteiger partial charge is 0.480 e. The molecule has 5 N–H and O–H groups in total. The summed E-state index contributed by atoms with van der Waals surface area (Å²) in [7, 11) is 0. The number of rotatable bonds is 9. The Morgan fingerprint density at radius 1 is 1.19 bits per heavy atom. The molecule has 16 heavy (non-hydrogen) atoms. The zero-order valence-electron chi connectivity index (χ0n) is 10.5. The van der Waals surface area contributed by atoms with E-state index in [0.29, 0.717) is 24.8 Å². The van der Waals surface area contributed by atoms with Crippen molar-refractivity contribution < 1.29 is 9.90 Å². The number of aliphatic carboxylic acids is 1. The standard InChI is InChI=1S/C12H26N2O2/c1-3-5-9(4-2)10(8-13)6-7-11(14)12(15)16/h9-11H,3-8,13-14H2,1-2H3,(H,15,16)/t9?,10?,11-/m0/s1. The average molecular weight is 230 g/mol. The molecule has 0 amide bonds. The fraction of sp³-hybridized carbons (Fsp3) is 0.917. The van der Waals surface area contributed by atoms with Gasteiger partial charge in [0, 0.05) is 0 Å². The van der Waals surface area contributed by atoms with Crippen LogP contribution in [0.3, 0.4) is 0 Å². The molecule has 0 aromatic heterocycles. The van der Waals surface area contributed by atoms with E-state index < -0.39 is 12.0 Å². The smallest absolute Gasteiger partial charge is 0.320 e. The van der Waals surface area contributed by atoms with Gasteiger partial charge < -0.3 is 16.6 Å². The normalized spacial score (nSPS) is 16.8. The molecule has 0 bridgehead atoms. The molecule has 0 rings (SSSR count). The Kier molecular flexibility index (Phi) is 8.21. The molecule has 0 aliphatic carbocycles. The van der Waals surface area contributed by atoms with Crippen LogP contribution in [0.5, 0.6) is 0 Å². The lowest BCUT2D eigenvalue weighted by Crippen LogP contribution is -2.32. The first kappa shape index (κ1) is 15.4. The molecule has 0 aliphatic rings. The van der Waals surface area contributed by atoms with E-state index in [2.05, 4.69) is 13.8 Å². The second-order valence-corrected chi connectivity index (χ2v) is 4.47. The minimum Gasteiger partial charge on any atom is -0.480 e. The fourth-order valence-corrected chi connectivity index (χ4v) is 2.21. The Morgan fingerprint density at radius 2 is 1.81 bits per heavy atom. The van der Waals surface area contributed by atoms with E-state index in [1.807, 2.05) is 0 Å². The molecule has 2 unspecified atom stereocenters. The van der Waals surface area contributed by atoms with Gasteiger partial charge in [-0.25, -0.2) is 0 Å². The van der Waals surface area contributed by atoms with Crippen LogP contribution < -0.4 is 11.5 Å². The van der Waals surface area contributed by atoms with E-state index in [0.717, 1.165) is 19.3 Å². The summed E-state index contributed by atoms with van der Waals surface area (Å²) in [5.41, 5.74) is 11.2. The third kappa shape index (κ3) is 5.47. The van der Waals surface area contributed by atoms with Gasteiger partial charge in [-0.1, -0.05) is 33.1 Å². The van der Waals surface area contributed by atoms with Crippen molar-refractivity contribution in [1.29, 1.82) is 0 Å². The van der Waals surface area contributed by atoms with Crippen LogP contribution in [-0.2, 0) is 4.79 Å². The molecule has 0 aromatic carbocycles. The van der Waals surface area contributed by atoms with Crippen LogP contribution in [0, 0.1) is 11.8 Å². The zero-order chi connectivity index (χ0) is 12.6. The number of nitrogens with two attached hydrogens (primary N) is 2. The van der Waals surface area contributed by atoms with Crippen LogP contribution in [0.15, 0.2) is 0 Å². The van der Waals surface area contributed by atoms with Gasteiger partial charge in [-0.3, -0.25) is 4.79 Å². The first-order valence-corrected chi connectivity index (χ1v) is 6.25. The Hall–Kier alpha value is -0.610. The molecular weight excluding hydrogens is 204 g/mol. The van der Waals surface area contributed by atoms with E-state index in [1.165, 1.54) is 6.42 Å². The predicted octanol–water partition coefficient (Wildman–Crippen LogP) is 1.58. The Morgan fingerprint density at radius 3 is 2.19 bits per heavy atom. The van der Waals surface area contributed by atoms with Gasteiger partial charge in [0.2, 0.25) is 0 Å². The van der Waals surface area contributed by atoms with E-state index in [-0.39, 0.29) is 0 Å². The van der Waals surface area contributed by atoms with Gasteiger partial charge in [0.15, 0.2) is 0 Å². The Labute approximate surface area is 98.4 Å². The second kappa shape index (κ2) is 8.53. The minimum atomic E-state index is -0.917. The number of carboxylic acids is 1. The van der Waals surface area contributed by atoms with Crippen molar-refractivity contribution in [3.8, 4) is 0 Å². The van der Waals surface area contributed by atoms with Gasteiger partial charge in [-0.05, 0) is 31.2 Å². The molecule has 0 aliphatic heterocycles. The molecule has 0 radical (unpaired) electrons. The minimum absolute atomic E-state index is 0.412. The maximum absolute atomic E-state index is 10.6. The summed E-state index contributed by atoms with van der Waals surface area (Å²) in [5.74, 6) is 0.102. The fourth-order valence-electron chi connectivity index (χ4n) is 2.21. The highest BCUT2D eigenvalue weighted by Gasteiger charge is 2.20. The van der Waals surface area contributed by atoms with Crippen molar-refractivity contribution in [2.24, 2.45) is 23.3 Å². The average Bonchev–Trinajstić information content (AvgIpc) is 2.27. The van der Waals surface area contributed by atoms with Crippen molar-refractivity contribution in [2.45, 2.75) is 52.0 Å². The van der Waals surface area contributed by atoms with Crippen molar-refractivity contribution >= 4 is 5.97 Å². The number of hydrogen-bond acceptors (Lipinski definition) is 3. The van der Waals surface area contributed by atoms with Crippen molar-refractivity contribution in [3.05, 3.63) is 0 Å². The van der Waals surface area contributed by atoms with Gasteiger partial charge in [0.1, 0.15) is 6.04 Å². The predicted molar refractivity (Wildman–Crippen MR) is 66.1 cm³/mol. The summed E-state index contributed by atoms with van der Waals surface area (Å²) in [6, 6.07) is -0.742. The highest BCUT2D eigenvalue weighted by molar-refractivity contribution is 5.72. The highest BCUT2D eigenvalue weighted by Crippen LogP contribution is 2.25. The van der Waals surface area contributed by atoms with Gasteiger partial charge in [0.05, 0.1) is 0 Å². The zero-order valence-corrected chi connectivity index (χ0v) is 10.5. The lowest BCUT2D eigenvalue weighted by Gasteiger charge is -2.25. The monoisotopic (exact) mass is 230 g/mol. The van der Waals surface area contributed by atoms with Crippen LogP contribution >= 0.6 is 0 Å². The molecule has 0 saturated carbocycles. The lowest BCUT2D eigenvalue weighted by molar-refractivity contribution is -0.138. The molecule has 0 heterocycles. The van der Waals surface area contributed by atoms with Crippen molar-refractivity contribution in [1.82, 2.24) is 0 Å². The molecule has 4 heteroatoms. The Bertz CT molecular complexity index is 197. The van der Waals surface area contributed by atoms with Crippen LogP contribution in [0.25, 0.3) is 0 Å². The summed E-state index contributed by atoms with van der Waals surface area (Å²) >= 11 is 0. The van der Waals surface area contributed by atoms with Crippen LogP contribution in [-0.4, -0.2) is 23.7 Å². The maximum atomic E-state index is 10.6. The third-order valence-corrected chi connectivity index (χ3v) is 3.32. The van der Waals surface area contributed by atoms with Gasteiger partial charge in [-0.15, -0.1) is 0 Å². The number of carbonyl (C=O) groups is 1. The summed E-state index contributed by atoms with van der Waals surface area (Å²) in [5, 5.41) is 8.71. The van der Waals surface area contributed by atoms with E-state index in [1.54, 1.807) is 0 Å². The summed E-state index contributed by atoms with van der Waals surface area (Å²) in [4.78, 5) is 10.6. The molecule has 0 spiro atoms. The van der Waals surface area contributed by atoms with E-state index in [9.17, 15) is 4.79 Å². The van der Waals surface area contributed by atoms with E-state index in [4.69, 9.17) is 16.6 Å². The van der Waals surface area contributed by atoms with E-state index >= 15 is 0 Å². The molecule has 0 aromatic rings. The maximum Gasteiger partial charge on any atom is 0.320 e. The van der Waals surface area contributed by atoms with Crippen molar-refractivity contribution in [3.63, 3.8) is 0 Å². The quantitative estimate of drug-likeness (QED) is 0.561. The number of carboxylic acid groups (broad SMARTS) is 1. The van der Waals surface area contributed by atoms with Gasteiger partial charge in [0.25, 0.3) is 0 Å². The van der Waals surface area contributed by atoms with Crippen LogP contribution in [0.4, 0.5) is 0 Å². The molecule has 0 fully saturated rings. The number of hydrogen-bond donors (Lipinski definition) is 3. The summed E-state index contributed by atoms with van der Waals surface area (Å²) < 4.78 is 0. The Balaban J connectivity index is 4.11.